The van der Waals surface area contributed by atoms with Crippen molar-refractivity contribution in [3.8, 4) is 11.5 Å². The molecule has 2 aromatic rings. The molecule has 2 aromatic carbocycles. The largest absolute Gasteiger partial charge is 0.458 e. The summed E-state index contributed by atoms with van der Waals surface area (Å²) < 4.78 is 27.8. The highest BCUT2D eigenvalue weighted by Gasteiger charge is 2.44. The van der Waals surface area contributed by atoms with E-state index < -0.39 is 48.3 Å². The van der Waals surface area contributed by atoms with Crippen LogP contribution >= 0.6 is 0 Å². The number of hydrogen-bond acceptors (Lipinski definition) is 10. The number of carbonyl (C=O) groups is 4. The van der Waals surface area contributed by atoms with Crippen molar-refractivity contribution in [1.29, 1.82) is 0 Å². The van der Waals surface area contributed by atoms with E-state index in [-0.39, 0.29) is 24.5 Å². The maximum absolute atomic E-state index is 12.0. The van der Waals surface area contributed by atoms with Crippen LogP contribution in [0.3, 0.4) is 0 Å². The Labute approximate surface area is 206 Å². The average Bonchev–Trinajstić information content (AvgIpc) is 2.78. The second-order valence-electron chi connectivity index (χ2n) is 8.06. The van der Waals surface area contributed by atoms with E-state index >= 15 is 0 Å². The van der Waals surface area contributed by atoms with E-state index in [9.17, 15) is 19.2 Å². The van der Waals surface area contributed by atoms with E-state index in [1.54, 1.807) is 30.3 Å². The van der Waals surface area contributed by atoms with Gasteiger partial charge >= 0.3 is 23.9 Å². The summed E-state index contributed by atoms with van der Waals surface area (Å²) in [7, 11) is 0. The summed E-state index contributed by atoms with van der Waals surface area (Å²) in [5.41, 5.74) is 9.26. The lowest BCUT2D eigenvalue weighted by Crippen LogP contribution is -2.50. The fourth-order valence-electron chi connectivity index (χ4n) is 4.14. The maximum atomic E-state index is 12.0. The fourth-order valence-corrected chi connectivity index (χ4v) is 4.14. The van der Waals surface area contributed by atoms with E-state index in [2.05, 4.69) is 10.0 Å². The molecule has 12 heteroatoms. The van der Waals surface area contributed by atoms with Crippen LogP contribution in [-0.4, -0.2) is 48.7 Å². The first-order valence-corrected chi connectivity index (χ1v) is 11.0. The number of nitrogens with zero attached hydrogens (tertiary/aromatic N) is 3. The number of fused-ring (bicyclic) bond motifs is 1. The van der Waals surface area contributed by atoms with E-state index in [1.165, 1.54) is 27.7 Å². The number of hydrogen-bond donors (Lipinski definition) is 0. The SMILES string of the molecule is CC(=O)Oc1cccc2c(OC(C)=O)c([C@H]3C[C@H](OC(C)=O)[C@H](OC(C)=O)[C@@H](CN=[N+]=[N-])O3)ccc12. The molecule has 0 aromatic heterocycles. The molecule has 0 saturated carbocycles. The molecule has 1 aliphatic rings. The van der Waals surface area contributed by atoms with E-state index in [0.717, 1.165) is 0 Å². The second-order valence-corrected chi connectivity index (χ2v) is 8.06. The zero-order chi connectivity index (χ0) is 26.4. The highest BCUT2D eigenvalue weighted by Crippen LogP contribution is 2.43. The Morgan fingerprint density at radius 1 is 0.944 bits per heavy atom. The number of rotatable bonds is 7. The number of ether oxygens (including phenoxy) is 5. The van der Waals surface area contributed by atoms with Gasteiger partial charge in [0.2, 0.25) is 0 Å². The van der Waals surface area contributed by atoms with Crippen LogP contribution in [0.1, 0.15) is 45.8 Å². The van der Waals surface area contributed by atoms with Crippen molar-refractivity contribution in [3.05, 3.63) is 46.3 Å². The monoisotopic (exact) mass is 499 g/mol. The molecule has 0 bridgehead atoms. The molecule has 1 aliphatic heterocycles. The van der Waals surface area contributed by atoms with Gasteiger partial charge in [-0.3, -0.25) is 19.2 Å². The summed E-state index contributed by atoms with van der Waals surface area (Å²) in [6.07, 6.45) is -3.68. The Balaban J connectivity index is 2.13. The molecule has 36 heavy (non-hydrogen) atoms. The molecule has 0 spiro atoms. The Morgan fingerprint density at radius 2 is 1.64 bits per heavy atom. The lowest BCUT2D eigenvalue weighted by atomic mass is 9.91. The molecule has 12 nitrogen and oxygen atoms in total. The highest BCUT2D eigenvalue weighted by atomic mass is 16.6. The molecule has 0 aliphatic carbocycles. The smallest absolute Gasteiger partial charge is 0.308 e. The van der Waals surface area contributed by atoms with Crippen molar-refractivity contribution >= 4 is 34.6 Å². The highest BCUT2D eigenvalue weighted by molar-refractivity contribution is 5.96. The first-order chi connectivity index (χ1) is 17.1. The van der Waals surface area contributed by atoms with Gasteiger partial charge in [-0.2, -0.15) is 0 Å². The molecule has 1 saturated heterocycles. The second kappa shape index (κ2) is 11.5. The van der Waals surface area contributed by atoms with Gasteiger partial charge in [0.15, 0.2) is 6.10 Å². The number of azide groups is 1. The van der Waals surface area contributed by atoms with Gasteiger partial charge in [-0.25, -0.2) is 0 Å². The van der Waals surface area contributed by atoms with Crippen LogP contribution < -0.4 is 9.47 Å². The summed E-state index contributed by atoms with van der Waals surface area (Å²) in [5.74, 6) is -1.91. The summed E-state index contributed by atoms with van der Waals surface area (Å²) in [4.78, 5) is 49.9. The quantitative estimate of drug-likeness (QED) is 0.182. The number of benzene rings is 2. The lowest BCUT2D eigenvalue weighted by Gasteiger charge is -2.40. The first-order valence-electron chi connectivity index (χ1n) is 11.0. The zero-order valence-corrected chi connectivity index (χ0v) is 20.1. The maximum Gasteiger partial charge on any atom is 0.308 e. The van der Waals surface area contributed by atoms with Crippen LogP contribution in [0.2, 0.25) is 0 Å². The van der Waals surface area contributed by atoms with E-state index in [0.29, 0.717) is 16.3 Å². The van der Waals surface area contributed by atoms with Crippen molar-refractivity contribution in [2.24, 2.45) is 5.11 Å². The summed E-state index contributed by atoms with van der Waals surface area (Å²) in [5, 5.41) is 4.54. The molecule has 190 valence electrons. The minimum absolute atomic E-state index is 0.0493. The molecular formula is C24H25N3O9. The topological polar surface area (TPSA) is 163 Å². The molecule has 1 fully saturated rings. The minimum Gasteiger partial charge on any atom is -0.458 e. The van der Waals surface area contributed by atoms with Crippen LogP contribution in [0.5, 0.6) is 11.5 Å². The van der Waals surface area contributed by atoms with Crippen LogP contribution in [0.15, 0.2) is 35.4 Å². The van der Waals surface area contributed by atoms with Gasteiger partial charge in [0.25, 0.3) is 0 Å². The Bertz CT molecular complexity index is 1220. The fraction of sp³-hybridized carbons (Fsp3) is 0.417. The normalized spacial score (nSPS) is 21.1. The van der Waals surface area contributed by atoms with Crippen LogP contribution in [0.25, 0.3) is 21.2 Å². The third-order valence-corrected chi connectivity index (χ3v) is 5.31. The van der Waals surface area contributed by atoms with Crippen molar-refractivity contribution in [2.75, 3.05) is 6.54 Å². The Hall–Kier alpha value is -4.15. The van der Waals surface area contributed by atoms with E-state index in [4.69, 9.17) is 29.2 Å². The van der Waals surface area contributed by atoms with Gasteiger partial charge in [-0.1, -0.05) is 23.3 Å². The van der Waals surface area contributed by atoms with Crippen molar-refractivity contribution in [2.45, 2.75) is 58.5 Å². The molecule has 4 atom stereocenters. The summed E-state index contributed by atoms with van der Waals surface area (Å²) >= 11 is 0. The van der Waals surface area contributed by atoms with E-state index in [1.807, 2.05) is 0 Å². The number of esters is 4. The molecule has 0 N–H and O–H groups in total. The van der Waals surface area contributed by atoms with Crippen molar-refractivity contribution < 1.29 is 42.9 Å². The van der Waals surface area contributed by atoms with Crippen molar-refractivity contribution in [1.82, 2.24) is 0 Å². The third-order valence-electron chi connectivity index (χ3n) is 5.31. The standard InChI is InChI=1S/C24H25N3O9/c1-12(28)32-19-7-5-6-17-16(19)8-9-18(23(17)34-14(3)30)20-10-21(33-13(2)29)24(35-15(4)31)22(36-20)11-26-27-25/h5-9,20-22,24H,10-11H2,1-4H3/t20-,21+,22-,24+/m1/s1. The van der Waals surface area contributed by atoms with Gasteiger partial charge in [0.05, 0.1) is 12.6 Å². The van der Waals surface area contributed by atoms with Gasteiger partial charge in [0, 0.05) is 55.4 Å². The Morgan fingerprint density at radius 3 is 2.25 bits per heavy atom. The number of carbonyl (C=O) groups excluding carboxylic acids is 4. The van der Waals surface area contributed by atoms with Gasteiger partial charge < -0.3 is 23.7 Å². The molecule has 1 heterocycles. The summed E-state index contributed by atoms with van der Waals surface area (Å²) in [6.45, 7) is 4.71. The van der Waals surface area contributed by atoms with Gasteiger partial charge in [-0.15, -0.1) is 0 Å². The zero-order valence-electron chi connectivity index (χ0n) is 20.1. The molecular weight excluding hydrogens is 474 g/mol. The van der Waals surface area contributed by atoms with Gasteiger partial charge in [-0.05, 0) is 17.7 Å². The first kappa shape index (κ1) is 26.5. The third kappa shape index (κ3) is 6.29. The average molecular weight is 499 g/mol. The van der Waals surface area contributed by atoms with Crippen LogP contribution in [0, 0.1) is 0 Å². The van der Waals surface area contributed by atoms with Crippen molar-refractivity contribution in [3.63, 3.8) is 0 Å². The predicted molar refractivity (Wildman–Crippen MR) is 124 cm³/mol. The van der Waals surface area contributed by atoms with Crippen LogP contribution in [0.4, 0.5) is 0 Å². The molecule has 0 radical (unpaired) electrons. The van der Waals surface area contributed by atoms with Crippen LogP contribution in [-0.2, 0) is 33.4 Å². The Kier molecular flexibility index (Phi) is 8.46. The summed E-state index contributed by atoms with van der Waals surface area (Å²) in [6, 6.07) is 8.26. The minimum atomic E-state index is -1.03. The molecule has 0 unspecified atom stereocenters. The van der Waals surface area contributed by atoms with Gasteiger partial charge in [0.1, 0.15) is 23.7 Å². The lowest BCUT2D eigenvalue weighted by molar-refractivity contribution is -0.206. The molecule has 3 rings (SSSR count). The molecule has 0 amide bonds. The predicted octanol–water partition coefficient (Wildman–Crippen LogP) is 3.69.